The van der Waals surface area contributed by atoms with E-state index in [9.17, 15) is 4.79 Å². The van der Waals surface area contributed by atoms with Crippen molar-refractivity contribution in [2.24, 2.45) is 11.7 Å². The number of amides is 1. The van der Waals surface area contributed by atoms with E-state index < -0.39 is 6.04 Å². The number of nitrogens with one attached hydrogen (secondary N) is 1. The predicted molar refractivity (Wildman–Crippen MR) is 77.6 cm³/mol. The molecule has 1 rings (SSSR count). The van der Waals surface area contributed by atoms with Crippen LogP contribution in [0.5, 0.6) is 0 Å². The van der Waals surface area contributed by atoms with Gasteiger partial charge in [0.25, 0.3) is 0 Å². The lowest BCUT2D eigenvalue weighted by Crippen LogP contribution is -2.47. The predicted octanol–water partition coefficient (Wildman–Crippen LogP) is 2.27. The van der Waals surface area contributed by atoms with Crippen molar-refractivity contribution in [3.63, 3.8) is 0 Å². The van der Waals surface area contributed by atoms with Crippen LogP contribution >= 0.6 is 11.8 Å². The van der Waals surface area contributed by atoms with E-state index in [0.717, 1.165) is 5.75 Å². The average Bonchev–Trinajstić information content (AvgIpc) is 2.36. The minimum Gasteiger partial charge on any atom is -0.351 e. The van der Waals surface area contributed by atoms with Gasteiger partial charge in [0.05, 0.1) is 6.04 Å². The van der Waals surface area contributed by atoms with E-state index in [4.69, 9.17) is 5.73 Å². The highest BCUT2D eigenvalue weighted by Crippen LogP contribution is 2.17. The van der Waals surface area contributed by atoms with Crippen molar-refractivity contribution in [3.8, 4) is 0 Å². The molecule has 18 heavy (non-hydrogen) atoms. The number of rotatable bonds is 6. The number of hydrogen-bond acceptors (Lipinski definition) is 3. The van der Waals surface area contributed by atoms with Gasteiger partial charge in [0.15, 0.2) is 0 Å². The number of thioether (sulfide) groups is 1. The Hall–Kier alpha value is -1.00. The molecule has 0 aliphatic carbocycles. The van der Waals surface area contributed by atoms with Crippen LogP contribution < -0.4 is 11.1 Å². The molecule has 4 heteroatoms. The van der Waals surface area contributed by atoms with Crippen LogP contribution in [0, 0.1) is 5.92 Å². The highest BCUT2D eigenvalue weighted by atomic mass is 32.2. The summed E-state index contributed by atoms with van der Waals surface area (Å²) >= 11 is 1.74. The molecule has 0 aliphatic heterocycles. The zero-order valence-corrected chi connectivity index (χ0v) is 12.0. The molecule has 0 aliphatic rings. The van der Waals surface area contributed by atoms with E-state index in [-0.39, 0.29) is 17.9 Å². The van der Waals surface area contributed by atoms with Crippen molar-refractivity contribution in [1.29, 1.82) is 0 Å². The molecule has 2 atom stereocenters. The Bertz CT molecular complexity index is 367. The first kappa shape index (κ1) is 15.1. The van der Waals surface area contributed by atoms with Gasteiger partial charge in [-0.3, -0.25) is 4.79 Å². The molecule has 0 saturated heterocycles. The van der Waals surface area contributed by atoms with Gasteiger partial charge in [0.2, 0.25) is 5.91 Å². The second-order valence-electron chi connectivity index (χ2n) is 4.80. The Morgan fingerprint density at radius 1 is 1.28 bits per heavy atom. The molecule has 0 fully saturated rings. The third-order valence-corrected chi connectivity index (χ3v) is 3.93. The maximum atomic E-state index is 11.8. The van der Waals surface area contributed by atoms with Crippen molar-refractivity contribution in [1.82, 2.24) is 5.32 Å². The third kappa shape index (κ3) is 5.10. The summed E-state index contributed by atoms with van der Waals surface area (Å²) in [6.45, 7) is 5.90. The lowest BCUT2D eigenvalue weighted by atomic mass is 10.0. The summed E-state index contributed by atoms with van der Waals surface area (Å²) in [7, 11) is 0. The number of carbonyl (C=O) groups is 1. The van der Waals surface area contributed by atoms with Crippen LogP contribution in [0.3, 0.4) is 0 Å². The SMILES string of the molecule is CC(CSc1ccccc1)NC(=O)[C@@H](N)C(C)C. The first-order chi connectivity index (χ1) is 8.50. The molecule has 3 nitrogen and oxygen atoms in total. The quantitative estimate of drug-likeness (QED) is 0.777. The van der Waals surface area contributed by atoms with E-state index in [0.29, 0.717) is 0 Å². The summed E-state index contributed by atoms with van der Waals surface area (Å²) in [6.07, 6.45) is 0. The summed E-state index contributed by atoms with van der Waals surface area (Å²) in [5, 5.41) is 2.95. The first-order valence-corrected chi connectivity index (χ1v) is 7.23. The van der Waals surface area contributed by atoms with Gasteiger partial charge in [-0.05, 0) is 25.0 Å². The Morgan fingerprint density at radius 2 is 1.89 bits per heavy atom. The monoisotopic (exact) mass is 266 g/mol. The van der Waals surface area contributed by atoms with Crippen LogP contribution in [-0.4, -0.2) is 23.7 Å². The Morgan fingerprint density at radius 3 is 2.44 bits per heavy atom. The Labute approximate surface area is 114 Å². The molecular formula is C14H22N2OS. The molecule has 3 N–H and O–H groups in total. The van der Waals surface area contributed by atoms with Crippen LogP contribution in [-0.2, 0) is 4.79 Å². The van der Waals surface area contributed by atoms with Crippen LogP contribution in [0.2, 0.25) is 0 Å². The van der Waals surface area contributed by atoms with E-state index >= 15 is 0 Å². The molecule has 0 spiro atoms. The van der Waals surface area contributed by atoms with Gasteiger partial charge >= 0.3 is 0 Å². The van der Waals surface area contributed by atoms with E-state index in [1.807, 2.05) is 39.0 Å². The summed E-state index contributed by atoms with van der Waals surface area (Å²) in [6, 6.07) is 9.86. The largest absolute Gasteiger partial charge is 0.351 e. The minimum absolute atomic E-state index is 0.0637. The molecule has 100 valence electrons. The van der Waals surface area contributed by atoms with E-state index in [1.54, 1.807) is 11.8 Å². The summed E-state index contributed by atoms with van der Waals surface area (Å²) in [4.78, 5) is 13.0. The zero-order chi connectivity index (χ0) is 13.5. The van der Waals surface area contributed by atoms with E-state index in [1.165, 1.54) is 4.90 Å². The number of hydrogen-bond donors (Lipinski definition) is 2. The summed E-state index contributed by atoms with van der Waals surface area (Å²) in [5.74, 6) is 0.950. The molecule has 1 amide bonds. The highest BCUT2D eigenvalue weighted by Gasteiger charge is 2.18. The van der Waals surface area contributed by atoms with Gasteiger partial charge in [-0.25, -0.2) is 0 Å². The van der Waals surface area contributed by atoms with Crippen LogP contribution in [0.1, 0.15) is 20.8 Å². The van der Waals surface area contributed by atoms with Gasteiger partial charge in [-0.1, -0.05) is 32.0 Å². The second-order valence-corrected chi connectivity index (χ2v) is 5.90. The molecule has 0 bridgehead atoms. The van der Waals surface area contributed by atoms with E-state index in [2.05, 4.69) is 17.4 Å². The van der Waals surface area contributed by atoms with Crippen LogP contribution in [0.4, 0.5) is 0 Å². The fraction of sp³-hybridized carbons (Fsp3) is 0.500. The third-order valence-electron chi connectivity index (χ3n) is 2.65. The van der Waals surface area contributed by atoms with Gasteiger partial charge in [-0.2, -0.15) is 0 Å². The topological polar surface area (TPSA) is 55.1 Å². The number of carbonyl (C=O) groups excluding carboxylic acids is 1. The summed E-state index contributed by atoms with van der Waals surface area (Å²) < 4.78 is 0. The fourth-order valence-electron chi connectivity index (χ4n) is 1.42. The normalized spacial score (nSPS) is 14.3. The molecular weight excluding hydrogens is 244 g/mol. The van der Waals surface area contributed by atoms with Gasteiger partial charge in [0.1, 0.15) is 0 Å². The molecule has 1 aromatic rings. The smallest absolute Gasteiger partial charge is 0.237 e. The maximum absolute atomic E-state index is 11.8. The highest BCUT2D eigenvalue weighted by molar-refractivity contribution is 7.99. The molecule has 1 unspecified atom stereocenters. The standard InChI is InChI=1S/C14H22N2OS/c1-10(2)13(15)14(17)16-11(3)9-18-12-7-5-4-6-8-12/h4-8,10-11,13H,9,15H2,1-3H3,(H,16,17)/t11?,13-/m0/s1. The van der Waals surface area contributed by atoms with Crippen molar-refractivity contribution >= 4 is 17.7 Å². The number of benzene rings is 1. The van der Waals surface area contributed by atoms with Crippen molar-refractivity contribution in [2.45, 2.75) is 37.8 Å². The molecule has 1 aromatic carbocycles. The van der Waals surface area contributed by atoms with Crippen LogP contribution in [0.25, 0.3) is 0 Å². The summed E-state index contributed by atoms with van der Waals surface area (Å²) in [5.41, 5.74) is 5.80. The van der Waals surface area contributed by atoms with Crippen molar-refractivity contribution in [2.75, 3.05) is 5.75 Å². The van der Waals surface area contributed by atoms with Gasteiger partial charge < -0.3 is 11.1 Å². The Balaban J connectivity index is 2.34. The Kier molecular flexibility index (Phi) is 6.22. The minimum atomic E-state index is -0.422. The van der Waals surface area contributed by atoms with Crippen molar-refractivity contribution < 1.29 is 4.79 Å². The van der Waals surface area contributed by atoms with Gasteiger partial charge in [0, 0.05) is 16.7 Å². The zero-order valence-electron chi connectivity index (χ0n) is 11.2. The van der Waals surface area contributed by atoms with Gasteiger partial charge in [-0.15, -0.1) is 11.8 Å². The second kappa shape index (κ2) is 7.44. The maximum Gasteiger partial charge on any atom is 0.237 e. The first-order valence-electron chi connectivity index (χ1n) is 6.24. The van der Waals surface area contributed by atoms with Crippen LogP contribution in [0.15, 0.2) is 35.2 Å². The van der Waals surface area contributed by atoms with Crippen molar-refractivity contribution in [3.05, 3.63) is 30.3 Å². The average molecular weight is 266 g/mol. The number of nitrogens with two attached hydrogens (primary N) is 1. The fourth-order valence-corrected chi connectivity index (χ4v) is 2.30. The molecule has 0 heterocycles. The lowest BCUT2D eigenvalue weighted by Gasteiger charge is -2.19. The molecule has 0 saturated carbocycles. The lowest BCUT2D eigenvalue weighted by molar-refractivity contribution is -0.123. The molecule has 0 radical (unpaired) electrons. The molecule has 0 aromatic heterocycles.